The van der Waals surface area contributed by atoms with E-state index in [0.717, 1.165) is 5.75 Å². The monoisotopic (exact) mass is 236 g/mol. The smallest absolute Gasteiger partial charge is 0.306 e. The molecule has 0 unspecified atom stereocenters. The quantitative estimate of drug-likeness (QED) is 0.536. The minimum absolute atomic E-state index is 0.0116. The van der Waals surface area contributed by atoms with Gasteiger partial charge in [0.15, 0.2) is 0 Å². The van der Waals surface area contributed by atoms with Crippen LogP contribution in [0.15, 0.2) is 30.3 Å². The van der Waals surface area contributed by atoms with Crippen LogP contribution in [0.4, 0.5) is 0 Å². The van der Waals surface area contributed by atoms with Crippen molar-refractivity contribution in [1.82, 2.24) is 0 Å². The van der Waals surface area contributed by atoms with Gasteiger partial charge in [-0.15, -0.1) is 0 Å². The second kappa shape index (κ2) is 7.44. The molecule has 0 fully saturated rings. The van der Waals surface area contributed by atoms with E-state index in [1.165, 1.54) is 6.92 Å². The van der Waals surface area contributed by atoms with E-state index in [9.17, 15) is 9.59 Å². The van der Waals surface area contributed by atoms with Crippen LogP contribution in [-0.2, 0) is 14.3 Å². The van der Waals surface area contributed by atoms with Gasteiger partial charge in [-0.05, 0) is 19.1 Å². The zero-order valence-corrected chi connectivity index (χ0v) is 9.85. The number of carbonyl (C=O) groups excluding carboxylic acids is 2. The third kappa shape index (κ3) is 6.35. The van der Waals surface area contributed by atoms with E-state index < -0.39 is 0 Å². The standard InChI is InChI=1S/C13H16O4/c1-11(14)7-8-13(15)17-10-9-16-12-5-3-2-4-6-12/h2-6H,7-10H2,1H3. The van der Waals surface area contributed by atoms with Crippen molar-refractivity contribution in [2.45, 2.75) is 19.8 Å². The van der Waals surface area contributed by atoms with Gasteiger partial charge in [0, 0.05) is 6.42 Å². The molecular formula is C13H16O4. The molecule has 4 nitrogen and oxygen atoms in total. The Balaban J connectivity index is 2.08. The van der Waals surface area contributed by atoms with Crippen LogP contribution in [0, 0.1) is 0 Å². The average Bonchev–Trinajstić information content (AvgIpc) is 2.33. The molecule has 1 aromatic rings. The van der Waals surface area contributed by atoms with Crippen molar-refractivity contribution >= 4 is 11.8 Å². The van der Waals surface area contributed by atoms with E-state index in [2.05, 4.69) is 0 Å². The molecule has 0 heterocycles. The van der Waals surface area contributed by atoms with Crippen molar-refractivity contribution in [1.29, 1.82) is 0 Å². The fraction of sp³-hybridized carbons (Fsp3) is 0.385. The number of esters is 1. The number of rotatable bonds is 7. The fourth-order valence-corrected chi connectivity index (χ4v) is 1.18. The molecule has 0 saturated heterocycles. The van der Waals surface area contributed by atoms with Gasteiger partial charge in [0.05, 0.1) is 6.42 Å². The molecule has 1 rings (SSSR count). The van der Waals surface area contributed by atoms with Crippen LogP contribution < -0.4 is 4.74 Å². The lowest BCUT2D eigenvalue weighted by Crippen LogP contribution is -2.12. The van der Waals surface area contributed by atoms with Crippen LogP contribution in [0.5, 0.6) is 5.75 Å². The van der Waals surface area contributed by atoms with Gasteiger partial charge in [-0.25, -0.2) is 0 Å². The molecule has 0 atom stereocenters. The van der Waals surface area contributed by atoms with Crippen LogP contribution >= 0.6 is 0 Å². The topological polar surface area (TPSA) is 52.6 Å². The number of Topliss-reactive ketones (excluding diaryl/α,β-unsaturated/α-hetero) is 1. The molecule has 17 heavy (non-hydrogen) atoms. The molecule has 0 aliphatic rings. The van der Waals surface area contributed by atoms with Crippen molar-refractivity contribution in [3.63, 3.8) is 0 Å². The number of hydrogen-bond acceptors (Lipinski definition) is 4. The first-order valence-electron chi connectivity index (χ1n) is 5.51. The Morgan fingerprint density at radius 3 is 2.41 bits per heavy atom. The number of para-hydroxylation sites is 1. The highest BCUT2D eigenvalue weighted by atomic mass is 16.6. The van der Waals surface area contributed by atoms with Crippen LogP contribution in [0.2, 0.25) is 0 Å². The molecule has 0 aliphatic heterocycles. The minimum Gasteiger partial charge on any atom is -0.490 e. The van der Waals surface area contributed by atoms with Crippen LogP contribution in [-0.4, -0.2) is 25.0 Å². The Morgan fingerprint density at radius 2 is 1.76 bits per heavy atom. The first kappa shape index (κ1) is 13.2. The molecule has 0 aromatic heterocycles. The van der Waals surface area contributed by atoms with Crippen molar-refractivity contribution in [3.05, 3.63) is 30.3 Å². The van der Waals surface area contributed by atoms with E-state index in [0.29, 0.717) is 6.61 Å². The third-order valence-electron chi connectivity index (χ3n) is 2.04. The van der Waals surface area contributed by atoms with Crippen molar-refractivity contribution < 1.29 is 19.1 Å². The number of benzene rings is 1. The van der Waals surface area contributed by atoms with E-state index in [1.807, 2.05) is 30.3 Å². The van der Waals surface area contributed by atoms with E-state index in [4.69, 9.17) is 9.47 Å². The van der Waals surface area contributed by atoms with E-state index >= 15 is 0 Å². The van der Waals surface area contributed by atoms with Gasteiger partial charge >= 0.3 is 5.97 Å². The SMILES string of the molecule is CC(=O)CCC(=O)OCCOc1ccccc1. The highest BCUT2D eigenvalue weighted by molar-refractivity contribution is 5.80. The van der Waals surface area contributed by atoms with E-state index in [1.54, 1.807) is 0 Å². The molecule has 4 heteroatoms. The van der Waals surface area contributed by atoms with Gasteiger partial charge < -0.3 is 14.3 Å². The molecule has 0 amide bonds. The maximum absolute atomic E-state index is 11.1. The second-order valence-electron chi connectivity index (χ2n) is 3.58. The predicted octanol–water partition coefficient (Wildman–Crippen LogP) is 1.98. The maximum atomic E-state index is 11.1. The lowest BCUT2D eigenvalue weighted by molar-refractivity contribution is -0.145. The van der Waals surface area contributed by atoms with Gasteiger partial charge in [0.2, 0.25) is 0 Å². The van der Waals surface area contributed by atoms with Crippen LogP contribution in [0.1, 0.15) is 19.8 Å². The molecule has 1 aromatic carbocycles. The summed E-state index contributed by atoms with van der Waals surface area (Å²) >= 11 is 0. The summed E-state index contributed by atoms with van der Waals surface area (Å²) in [6.07, 6.45) is 0.374. The Bertz CT molecular complexity index is 359. The lowest BCUT2D eigenvalue weighted by atomic mass is 10.2. The summed E-state index contributed by atoms with van der Waals surface area (Å²) in [5.41, 5.74) is 0. The highest BCUT2D eigenvalue weighted by Gasteiger charge is 2.04. The zero-order chi connectivity index (χ0) is 12.5. The predicted molar refractivity (Wildman–Crippen MR) is 62.8 cm³/mol. The Labute approximate surface area is 101 Å². The van der Waals surface area contributed by atoms with Crippen LogP contribution in [0.3, 0.4) is 0 Å². The number of ether oxygens (including phenoxy) is 2. The number of hydrogen-bond donors (Lipinski definition) is 0. The number of carbonyl (C=O) groups is 2. The molecule has 92 valence electrons. The van der Waals surface area contributed by atoms with Gasteiger partial charge in [-0.2, -0.15) is 0 Å². The maximum Gasteiger partial charge on any atom is 0.306 e. The summed E-state index contributed by atoms with van der Waals surface area (Å²) in [5, 5.41) is 0. The molecule has 0 saturated carbocycles. The minimum atomic E-state index is -0.364. The van der Waals surface area contributed by atoms with Crippen molar-refractivity contribution in [2.75, 3.05) is 13.2 Å². The van der Waals surface area contributed by atoms with E-state index in [-0.39, 0.29) is 31.2 Å². The summed E-state index contributed by atoms with van der Waals surface area (Å²) in [6, 6.07) is 9.30. The average molecular weight is 236 g/mol. The molecule has 0 spiro atoms. The Hall–Kier alpha value is -1.84. The van der Waals surface area contributed by atoms with Crippen molar-refractivity contribution in [3.8, 4) is 5.75 Å². The summed E-state index contributed by atoms with van der Waals surface area (Å²) in [6.45, 7) is 1.97. The lowest BCUT2D eigenvalue weighted by Gasteiger charge is -2.06. The normalized spacial score (nSPS) is 9.71. The first-order chi connectivity index (χ1) is 8.18. The highest BCUT2D eigenvalue weighted by Crippen LogP contribution is 2.07. The second-order valence-corrected chi connectivity index (χ2v) is 3.58. The van der Waals surface area contributed by atoms with Gasteiger partial charge in [0.25, 0.3) is 0 Å². The summed E-state index contributed by atoms with van der Waals surface area (Å²) in [5.74, 6) is 0.367. The molecule has 0 bridgehead atoms. The zero-order valence-electron chi connectivity index (χ0n) is 9.85. The summed E-state index contributed by atoms with van der Waals surface area (Å²) < 4.78 is 10.2. The van der Waals surface area contributed by atoms with Crippen LogP contribution in [0.25, 0.3) is 0 Å². The molecular weight excluding hydrogens is 220 g/mol. The summed E-state index contributed by atoms with van der Waals surface area (Å²) in [7, 11) is 0. The van der Waals surface area contributed by atoms with Crippen molar-refractivity contribution in [2.24, 2.45) is 0 Å². The molecule has 0 N–H and O–H groups in total. The third-order valence-corrected chi connectivity index (χ3v) is 2.04. The first-order valence-corrected chi connectivity index (χ1v) is 5.51. The van der Waals surface area contributed by atoms with Gasteiger partial charge in [-0.3, -0.25) is 4.79 Å². The number of ketones is 1. The van der Waals surface area contributed by atoms with Gasteiger partial charge in [0.1, 0.15) is 24.7 Å². The molecule has 0 radical (unpaired) electrons. The fourth-order valence-electron chi connectivity index (χ4n) is 1.18. The van der Waals surface area contributed by atoms with Gasteiger partial charge in [-0.1, -0.05) is 18.2 Å². The largest absolute Gasteiger partial charge is 0.490 e. The summed E-state index contributed by atoms with van der Waals surface area (Å²) in [4.78, 5) is 21.8. The Kier molecular flexibility index (Phi) is 5.79. The molecule has 0 aliphatic carbocycles. The Morgan fingerprint density at radius 1 is 1.06 bits per heavy atom.